The molecule has 0 N–H and O–H groups in total. The van der Waals surface area contributed by atoms with Crippen LogP contribution in [0.25, 0.3) is 22.7 Å². The van der Waals surface area contributed by atoms with Crippen LogP contribution in [0, 0.1) is 6.92 Å². The van der Waals surface area contributed by atoms with Gasteiger partial charge in [0.15, 0.2) is 0 Å². The van der Waals surface area contributed by atoms with Crippen LogP contribution in [0.1, 0.15) is 44.5 Å². The Morgan fingerprint density at radius 3 is 2.30 bits per heavy atom. The van der Waals surface area contributed by atoms with Crippen molar-refractivity contribution in [1.82, 2.24) is 19.4 Å². The molecule has 0 bridgehead atoms. The van der Waals surface area contributed by atoms with Gasteiger partial charge in [0.25, 0.3) is 0 Å². The maximum atomic E-state index is 5.90. The van der Waals surface area contributed by atoms with Crippen LogP contribution in [0.15, 0.2) is 65.5 Å². The zero-order valence-electron chi connectivity index (χ0n) is 19.9. The molecule has 0 atom stereocenters. The highest BCUT2D eigenvalue weighted by Gasteiger charge is 2.15. The Hall–Kier alpha value is -2.89. The smallest absolute Gasteiger partial charge is 0.228 e. The van der Waals surface area contributed by atoms with Crippen molar-refractivity contribution in [2.75, 3.05) is 0 Å². The molecule has 0 radical (unpaired) electrons. The van der Waals surface area contributed by atoms with Gasteiger partial charge in [-0.2, -0.15) is 0 Å². The Bertz CT molecular complexity index is 1180. The van der Waals surface area contributed by atoms with E-state index in [9.17, 15) is 0 Å². The molecule has 0 unspecified atom stereocenters. The first-order valence-electron chi connectivity index (χ1n) is 11.4. The van der Waals surface area contributed by atoms with Gasteiger partial charge in [0.1, 0.15) is 17.1 Å². The lowest BCUT2D eigenvalue weighted by molar-refractivity contribution is 0.166. The summed E-state index contributed by atoms with van der Waals surface area (Å²) >= 11 is 5.90. The summed E-state index contributed by atoms with van der Waals surface area (Å²) in [6.07, 6.45) is 5.60. The van der Waals surface area contributed by atoms with Crippen molar-refractivity contribution in [3.05, 3.63) is 83.1 Å². The highest BCUT2D eigenvalue weighted by atomic mass is 35.5. The van der Waals surface area contributed by atoms with Crippen molar-refractivity contribution in [2.24, 2.45) is 0 Å². The van der Waals surface area contributed by atoms with Gasteiger partial charge in [0, 0.05) is 48.8 Å². The van der Waals surface area contributed by atoms with E-state index in [4.69, 9.17) is 21.0 Å². The third kappa shape index (κ3) is 5.55. The molecule has 0 aliphatic heterocycles. The molecule has 0 aliphatic carbocycles. The molecule has 33 heavy (non-hydrogen) atoms. The van der Waals surface area contributed by atoms with Crippen molar-refractivity contribution >= 4 is 11.6 Å². The van der Waals surface area contributed by atoms with Crippen molar-refractivity contribution in [1.29, 1.82) is 0 Å². The number of aromatic nitrogens is 3. The average Bonchev–Trinajstić information content (AvgIpc) is 3.41. The first kappa shape index (κ1) is 23.3. The van der Waals surface area contributed by atoms with Crippen LogP contribution >= 0.6 is 11.6 Å². The van der Waals surface area contributed by atoms with Gasteiger partial charge in [-0.05, 0) is 57.9 Å². The average molecular weight is 463 g/mol. The summed E-state index contributed by atoms with van der Waals surface area (Å²) in [5.74, 6) is 0.621. The second-order valence-electron chi connectivity index (χ2n) is 9.08. The van der Waals surface area contributed by atoms with E-state index in [0.29, 0.717) is 23.1 Å². The molecule has 4 rings (SSSR count). The molecule has 0 amide bonds. The number of hydrogen-bond acceptors (Lipinski definition) is 4. The van der Waals surface area contributed by atoms with E-state index in [0.717, 1.165) is 41.2 Å². The molecule has 4 aromatic rings. The van der Waals surface area contributed by atoms with Gasteiger partial charge in [0.05, 0.1) is 5.56 Å². The maximum Gasteiger partial charge on any atom is 0.228 e. The lowest BCUT2D eigenvalue weighted by Gasteiger charge is -2.30. The number of pyridine rings is 1. The Morgan fingerprint density at radius 1 is 0.970 bits per heavy atom. The van der Waals surface area contributed by atoms with Crippen LogP contribution in [-0.4, -0.2) is 31.5 Å². The van der Waals surface area contributed by atoms with Crippen LogP contribution in [0.5, 0.6) is 0 Å². The van der Waals surface area contributed by atoms with Gasteiger partial charge in [-0.25, -0.2) is 9.97 Å². The molecular formula is C27H31ClN4O. The number of nitrogens with zero attached hydrogens (tertiary/aromatic N) is 4. The highest BCUT2D eigenvalue weighted by Crippen LogP contribution is 2.27. The molecule has 0 saturated carbocycles. The quantitative estimate of drug-likeness (QED) is 0.269. The van der Waals surface area contributed by atoms with E-state index >= 15 is 0 Å². The standard InChI is InChI=1S/C27H31ClN4O/c1-18(2)32(19(3)4)15-21-6-9-23(10-7-21)25-17-33-27(30-25)24-12-20(5)31(16-24)14-22-8-11-26(28)29-13-22/h6-13,16-19H,14-15H2,1-5H3. The summed E-state index contributed by atoms with van der Waals surface area (Å²) in [5.41, 5.74) is 6.37. The molecule has 6 heteroatoms. The number of halogens is 1. The minimum absolute atomic E-state index is 0.501. The lowest BCUT2D eigenvalue weighted by Crippen LogP contribution is -2.36. The number of benzene rings is 1. The number of rotatable bonds is 8. The molecule has 5 nitrogen and oxygen atoms in total. The molecular weight excluding hydrogens is 432 g/mol. The SMILES string of the molecule is Cc1cc(-c2nc(-c3ccc(CN(C(C)C)C(C)C)cc3)co2)cn1Cc1ccc(Cl)nc1. The minimum atomic E-state index is 0.501. The van der Waals surface area contributed by atoms with Gasteiger partial charge in [-0.15, -0.1) is 0 Å². The fourth-order valence-corrected chi connectivity index (χ4v) is 4.20. The van der Waals surface area contributed by atoms with E-state index in [1.54, 1.807) is 12.5 Å². The predicted octanol–water partition coefficient (Wildman–Crippen LogP) is 6.83. The fourth-order valence-electron chi connectivity index (χ4n) is 4.09. The monoisotopic (exact) mass is 462 g/mol. The number of oxazole rings is 1. The largest absolute Gasteiger partial charge is 0.444 e. The van der Waals surface area contributed by atoms with Gasteiger partial charge >= 0.3 is 0 Å². The topological polar surface area (TPSA) is 47.1 Å². The van der Waals surface area contributed by atoms with Crippen LogP contribution in [0.2, 0.25) is 5.15 Å². The van der Waals surface area contributed by atoms with Gasteiger partial charge in [-0.1, -0.05) is 41.9 Å². The van der Waals surface area contributed by atoms with Crippen LogP contribution in [0.4, 0.5) is 0 Å². The predicted molar refractivity (Wildman–Crippen MR) is 134 cm³/mol. The van der Waals surface area contributed by atoms with Gasteiger partial charge < -0.3 is 8.98 Å². The van der Waals surface area contributed by atoms with Gasteiger partial charge in [0.2, 0.25) is 5.89 Å². The summed E-state index contributed by atoms with van der Waals surface area (Å²) in [5, 5.41) is 0.501. The zero-order valence-corrected chi connectivity index (χ0v) is 20.7. The molecule has 172 valence electrons. The summed E-state index contributed by atoms with van der Waals surface area (Å²) in [6, 6.07) is 15.5. The summed E-state index contributed by atoms with van der Waals surface area (Å²) in [6.45, 7) is 12.7. The summed E-state index contributed by atoms with van der Waals surface area (Å²) in [7, 11) is 0. The molecule has 0 aliphatic rings. The number of aryl methyl sites for hydroxylation is 1. The molecule has 3 aromatic heterocycles. The van der Waals surface area contributed by atoms with E-state index in [2.05, 4.69) is 85.6 Å². The van der Waals surface area contributed by atoms with Crippen molar-refractivity contribution in [3.63, 3.8) is 0 Å². The zero-order chi connectivity index (χ0) is 23.5. The van der Waals surface area contributed by atoms with Crippen LogP contribution < -0.4 is 0 Å². The Kier molecular flexibility index (Phi) is 7.01. The van der Waals surface area contributed by atoms with E-state index in [1.165, 1.54) is 5.56 Å². The summed E-state index contributed by atoms with van der Waals surface area (Å²) < 4.78 is 8.00. The fraction of sp³-hybridized carbons (Fsp3) is 0.333. The van der Waals surface area contributed by atoms with Crippen LogP contribution in [0.3, 0.4) is 0 Å². The molecule has 0 fully saturated rings. The molecule has 3 heterocycles. The molecule has 0 spiro atoms. The number of hydrogen-bond donors (Lipinski definition) is 0. The third-order valence-electron chi connectivity index (χ3n) is 5.95. The second-order valence-corrected chi connectivity index (χ2v) is 9.47. The first-order chi connectivity index (χ1) is 15.8. The molecule has 1 aromatic carbocycles. The normalized spacial score (nSPS) is 11.8. The third-order valence-corrected chi connectivity index (χ3v) is 6.17. The maximum absolute atomic E-state index is 5.90. The van der Waals surface area contributed by atoms with E-state index in [-0.39, 0.29) is 0 Å². The summed E-state index contributed by atoms with van der Waals surface area (Å²) in [4.78, 5) is 11.4. The second kappa shape index (κ2) is 9.94. The van der Waals surface area contributed by atoms with Crippen LogP contribution in [-0.2, 0) is 13.1 Å². The Morgan fingerprint density at radius 2 is 1.67 bits per heavy atom. The first-order valence-corrected chi connectivity index (χ1v) is 11.8. The van der Waals surface area contributed by atoms with E-state index in [1.807, 2.05) is 12.1 Å². The highest BCUT2D eigenvalue weighted by molar-refractivity contribution is 6.29. The minimum Gasteiger partial charge on any atom is -0.444 e. The molecule has 0 saturated heterocycles. The van der Waals surface area contributed by atoms with Gasteiger partial charge in [-0.3, -0.25) is 4.90 Å². The lowest BCUT2D eigenvalue weighted by atomic mass is 10.1. The van der Waals surface area contributed by atoms with Crippen molar-refractivity contribution in [3.8, 4) is 22.7 Å². The van der Waals surface area contributed by atoms with E-state index < -0.39 is 0 Å². The van der Waals surface area contributed by atoms with Crippen molar-refractivity contribution in [2.45, 2.75) is 59.8 Å². The Labute approximate surface area is 201 Å². The van der Waals surface area contributed by atoms with Crippen molar-refractivity contribution < 1.29 is 4.42 Å². The Balaban J connectivity index is 1.48.